The van der Waals surface area contributed by atoms with Gasteiger partial charge in [-0.25, -0.2) is 18.0 Å². The van der Waals surface area contributed by atoms with Crippen LogP contribution in [0.25, 0.3) is 0 Å². The van der Waals surface area contributed by atoms with Crippen molar-refractivity contribution >= 4 is 22.0 Å². The number of nitrogens with zero attached hydrogens (tertiary/aromatic N) is 4. The van der Waals surface area contributed by atoms with E-state index in [0.29, 0.717) is 22.2 Å². The summed E-state index contributed by atoms with van der Waals surface area (Å²) in [6, 6.07) is 16.9. The maximum absolute atomic E-state index is 13.4. The molecule has 1 saturated heterocycles. The highest BCUT2D eigenvalue weighted by Crippen LogP contribution is 2.49. The van der Waals surface area contributed by atoms with Crippen LogP contribution in [0.2, 0.25) is 0 Å². The lowest BCUT2D eigenvalue weighted by atomic mass is 9.75. The Bertz CT molecular complexity index is 1680. The molecule has 2 N–H and O–H groups in total. The highest BCUT2D eigenvalue weighted by Gasteiger charge is 2.48. The number of rotatable bonds is 12. The van der Waals surface area contributed by atoms with Crippen LogP contribution in [0, 0.1) is 11.8 Å². The fourth-order valence-corrected chi connectivity index (χ4v) is 8.26. The summed E-state index contributed by atoms with van der Waals surface area (Å²) in [6.45, 7) is 1.68. The Morgan fingerprint density at radius 1 is 1.11 bits per heavy atom. The van der Waals surface area contributed by atoms with Gasteiger partial charge in [-0.15, -0.1) is 0 Å². The summed E-state index contributed by atoms with van der Waals surface area (Å²) >= 11 is 0. The van der Waals surface area contributed by atoms with Crippen LogP contribution in [0.3, 0.4) is 0 Å². The molecule has 1 aliphatic heterocycles. The van der Waals surface area contributed by atoms with E-state index in [0.717, 1.165) is 50.4 Å². The summed E-state index contributed by atoms with van der Waals surface area (Å²) in [5.74, 6) is -0.798. The van der Waals surface area contributed by atoms with E-state index in [1.54, 1.807) is 0 Å². The molecule has 0 amide bonds. The molecule has 6 rings (SSSR count). The molecule has 1 saturated carbocycles. The Morgan fingerprint density at radius 3 is 2.52 bits per heavy atom. The largest absolute Gasteiger partial charge is 0.492 e. The predicted molar refractivity (Wildman–Crippen MR) is 161 cm³/mol. The van der Waals surface area contributed by atoms with Crippen molar-refractivity contribution in [2.75, 3.05) is 26.2 Å². The average Bonchev–Trinajstić information content (AvgIpc) is 3.35. The molecule has 2 aliphatic carbocycles. The number of piperidine rings is 1. The summed E-state index contributed by atoms with van der Waals surface area (Å²) in [7, 11) is -2.92. The predicted octanol–water partition coefficient (Wildman–Crippen LogP) is 3.14. The molecule has 3 aliphatic rings. The van der Waals surface area contributed by atoms with Crippen molar-refractivity contribution in [2.24, 2.45) is 18.9 Å². The van der Waals surface area contributed by atoms with Gasteiger partial charge in [0.1, 0.15) is 22.9 Å². The Hall–Kier alpha value is -4.16. The van der Waals surface area contributed by atoms with Gasteiger partial charge in [-0.2, -0.15) is 5.10 Å². The van der Waals surface area contributed by atoms with Crippen molar-refractivity contribution in [3.05, 3.63) is 89.4 Å². The number of aliphatic carboxylic acids is 2. The molecule has 2 fully saturated rings. The topological polar surface area (TPSA) is 142 Å². The molecule has 3 aromatic rings. The zero-order valence-corrected chi connectivity index (χ0v) is 25.3. The molecule has 11 nitrogen and oxygen atoms in total. The number of hydrogen-bond donors (Lipinski definition) is 2. The molecule has 0 radical (unpaired) electrons. The molecular weight excluding hydrogens is 584 g/mol. The van der Waals surface area contributed by atoms with Crippen LogP contribution in [-0.4, -0.2) is 81.8 Å². The smallest absolute Gasteiger partial charge is 0.353 e. The minimum absolute atomic E-state index is 0.204. The van der Waals surface area contributed by atoms with Crippen molar-refractivity contribution in [1.29, 1.82) is 0 Å². The van der Waals surface area contributed by atoms with Crippen LogP contribution >= 0.6 is 0 Å². The quantitative estimate of drug-likeness (QED) is 0.292. The van der Waals surface area contributed by atoms with Crippen LogP contribution in [0.4, 0.5) is 0 Å². The molecule has 4 unspecified atom stereocenters. The first kappa shape index (κ1) is 29.9. The number of fused-ring (bicyclic) bond motifs is 2. The number of carbonyl (C=O) groups is 2. The lowest BCUT2D eigenvalue weighted by molar-refractivity contribution is -0.136. The van der Waals surface area contributed by atoms with E-state index in [-0.39, 0.29) is 17.4 Å². The summed E-state index contributed by atoms with van der Waals surface area (Å²) in [5.41, 5.74) is 2.87. The molecule has 0 bridgehead atoms. The standard InChI is InChI=1S/C32H36N4O7S/c1-34-20-26(17-33-34)44(41,42)36(30(32(39)40)16-31(37)38)11-12-43-25-9-7-22-8-10-29(35-18-23-14-24(23)19-35)28(27(22)15-25)13-21-5-3-2-4-6-21/h2-7,9,15-17,20,23-24,28-29H,8,10-14,18-19H2,1H3,(H,37,38)(H,39,40)/b30-16-. The lowest BCUT2D eigenvalue weighted by Gasteiger charge is -2.40. The van der Waals surface area contributed by atoms with E-state index in [2.05, 4.69) is 40.3 Å². The summed E-state index contributed by atoms with van der Waals surface area (Å²) in [6.07, 6.45) is 6.98. The monoisotopic (exact) mass is 620 g/mol. The van der Waals surface area contributed by atoms with Crippen molar-refractivity contribution in [3.63, 3.8) is 0 Å². The number of carboxylic acid groups (broad SMARTS) is 2. The minimum Gasteiger partial charge on any atom is -0.492 e. The molecule has 2 aromatic carbocycles. The van der Waals surface area contributed by atoms with E-state index in [1.807, 2.05) is 18.2 Å². The van der Waals surface area contributed by atoms with Gasteiger partial charge in [-0.3, -0.25) is 13.9 Å². The van der Waals surface area contributed by atoms with Gasteiger partial charge in [-0.05, 0) is 66.3 Å². The third-order valence-electron chi connectivity index (χ3n) is 9.05. The Morgan fingerprint density at radius 2 is 1.86 bits per heavy atom. The van der Waals surface area contributed by atoms with Gasteiger partial charge in [0.15, 0.2) is 0 Å². The first-order valence-corrected chi connectivity index (χ1v) is 16.3. The number of sulfonamides is 1. The van der Waals surface area contributed by atoms with Crippen LogP contribution in [0.15, 0.2) is 77.6 Å². The van der Waals surface area contributed by atoms with Gasteiger partial charge in [0.2, 0.25) is 0 Å². The number of aryl methyl sites for hydroxylation is 2. The van der Waals surface area contributed by atoms with Crippen molar-refractivity contribution in [2.45, 2.75) is 42.5 Å². The minimum atomic E-state index is -4.45. The summed E-state index contributed by atoms with van der Waals surface area (Å²) < 4.78 is 34.7. The van der Waals surface area contributed by atoms with E-state index in [4.69, 9.17) is 4.74 Å². The van der Waals surface area contributed by atoms with Gasteiger partial charge in [-0.1, -0.05) is 36.4 Å². The van der Waals surface area contributed by atoms with Crippen LogP contribution in [-0.2, 0) is 39.5 Å². The Labute approximate surface area is 256 Å². The molecule has 2 heterocycles. The molecule has 232 valence electrons. The van der Waals surface area contributed by atoms with Crippen LogP contribution in [0.1, 0.15) is 35.4 Å². The van der Waals surface area contributed by atoms with Crippen molar-refractivity contribution in [1.82, 2.24) is 19.0 Å². The normalized spacial score (nSPS) is 23.1. The van der Waals surface area contributed by atoms with Crippen molar-refractivity contribution in [3.8, 4) is 5.75 Å². The maximum atomic E-state index is 13.4. The molecule has 0 spiro atoms. The molecule has 44 heavy (non-hydrogen) atoms. The third-order valence-corrected chi connectivity index (χ3v) is 10.8. The Balaban J connectivity index is 1.25. The summed E-state index contributed by atoms with van der Waals surface area (Å²) in [5, 5.41) is 22.9. The first-order valence-electron chi connectivity index (χ1n) is 14.8. The van der Waals surface area contributed by atoms with Gasteiger partial charge >= 0.3 is 11.9 Å². The molecule has 1 aromatic heterocycles. The fourth-order valence-electron chi connectivity index (χ4n) is 6.84. The molecule has 12 heteroatoms. The average molecular weight is 621 g/mol. The Kier molecular flexibility index (Phi) is 8.21. The SMILES string of the molecule is Cn1cc(S(=O)(=O)N(CCOc2ccc3c(c2)C(Cc2ccccc2)C(N2CC4CC4C2)CC3)/C(=C\C(=O)O)C(=O)O)cn1. The number of hydrogen-bond acceptors (Lipinski definition) is 7. The fraction of sp³-hybridized carbons (Fsp3) is 0.406. The van der Waals surface area contributed by atoms with E-state index >= 15 is 0 Å². The maximum Gasteiger partial charge on any atom is 0.353 e. The van der Waals surface area contributed by atoms with E-state index in [9.17, 15) is 28.2 Å². The van der Waals surface area contributed by atoms with Gasteiger partial charge in [0, 0.05) is 38.3 Å². The number of benzene rings is 2. The second kappa shape index (κ2) is 12.1. The van der Waals surface area contributed by atoms with Gasteiger partial charge < -0.3 is 14.9 Å². The third kappa shape index (κ3) is 6.22. The number of carboxylic acids is 2. The molecule has 4 atom stereocenters. The molecular formula is C32H36N4O7S. The number of likely N-dealkylation sites (tertiary alicyclic amines) is 1. The lowest BCUT2D eigenvalue weighted by Crippen LogP contribution is -2.42. The van der Waals surface area contributed by atoms with Crippen LogP contribution in [0.5, 0.6) is 5.75 Å². The second-order valence-corrected chi connectivity index (χ2v) is 13.8. The zero-order chi connectivity index (χ0) is 31.0. The highest BCUT2D eigenvalue weighted by atomic mass is 32.2. The van der Waals surface area contributed by atoms with E-state index < -0.39 is 34.2 Å². The van der Waals surface area contributed by atoms with Gasteiger partial charge in [0.05, 0.1) is 18.8 Å². The number of aromatic nitrogens is 2. The number of ether oxygens (including phenoxy) is 1. The zero-order valence-electron chi connectivity index (χ0n) is 24.4. The first-order chi connectivity index (χ1) is 21.1. The van der Waals surface area contributed by atoms with Gasteiger partial charge in [0.25, 0.3) is 10.0 Å². The second-order valence-electron chi connectivity index (χ2n) is 11.9. The highest BCUT2D eigenvalue weighted by molar-refractivity contribution is 7.89. The van der Waals surface area contributed by atoms with Crippen LogP contribution < -0.4 is 4.74 Å². The van der Waals surface area contributed by atoms with E-state index in [1.165, 1.54) is 41.0 Å². The summed E-state index contributed by atoms with van der Waals surface area (Å²) in [4.78, 5) is 25.8. The van der Waals surface area contributed by atoms with Crippen molar-refractivity contribution < 1.29 is 33.0 Å².